The number of benzene rings is 1. The molecule has 0 atom stereocenters. The van der Waals surface area contributed by atoms with E-state index in [1.54, 1.807) is 6.07 Å². The van der Waals surface area contributed by atoms with E-state index in [0.717, 1.165) is 6.26 Å². The molecule has 0 bridgehead atoms. The van der Waals surface area contributed by atoms with Crippen LogP contribution in [-0.2, 0) is 9.84 Å². The number of anilines is 1. The van der Waals surface area contributed by atoms with Gasteiger partial charge in [-0.1, -0.05) is 11.6 Å². The second-order valence-corrected chi connectivity index (χ2v) is 5.09. The van der Waals surface area contributed by atoms with Crippen LogP contribution in [0.5, 0.6) is 0 Å². The SMILES string of the molecule is CS(=O)(=O)c1ccc(N)c(C#N)c1Cl. The molecule has 0 aliphatic rings. The summed E-state index contributed by atoms with van der Waals surface area (Å²) in [5, 5.41) is 8.56. The lowest BCUT2D eigenvalue weighted by Crippen LogP contribution is -2.01. The Labute approximate surface area is 86.8 Å². The van der Waals surface area contributed by atoms with Crippen LogP contribution in [-0.4, -0.2) is 14.7 Å². The number of nitrogen functional groups attached to an aromatic ring is 1. The Hall–Kier alpha value is -1.25. The predicted octanol–water partition coefficient (Wildman–Crippen LogP) is 1.20. The Morgan fingerprint density at radius 2 is 2.07 bits per heavy atom. The summed E-state index contributed by atoms with van der Waals surface area (Å²) in [6.07, 6.45) is 1.02. The quantitative estimate of drug-likeness (QED) is 0.735. The monoisotopic (exact) mass is 230 g/mol. The van der Waals surface area contributed by atoms with Crippen molar-refractivity contribution in [2.45, 2.75) is 4.90 Å². The van der Waals surface area contributed by atoms with Gasteiger partial charge in [-0.05, 0) is 12.1 Å². The molecule has 0 saturated carbocycles. The molecule has 0 heterocycles. The fourth-order valence-corrected chi connectivity index (χ4v) is 2.35. The molecule has 1 aromatic rings. The Bertz CT molecular complexity index is 517. The van der Waals surface area contributed by atoms with Crippen molar-refractivity contribution in [2.75, 3.05) is 12.0 Å². The van der Waals surface area contributed by atoms with E-state index in [9.17, 15) is 8.42 Å². The third-order valence-corrected chi connectivity index (χ3v) is 3.29. The molecule has 4 nitrogen and oxygen atoms in total. The first-order chi connectivity index (χ1) is 6.38. The van der Waals surface area contributed by atoms with Gasteiger partial charge in [-0.15, -0.1) is 0 Å². The highest BCUT2D eigenvalue weighted by molar-refractivity contribution is 7.90. The van der Waals surface area contributed by atoms with E-state index < -0.39 is 9.84 Å². The largest absolute Gasteiger partial charge is 0.398 e. The molecule has 0 saturated heterocycles. The van der Waals surface area contributed by atoms with E-state index in [0.29, 0.717) is 0 Å². The maximum Gasteiger partial charge on any atom is 0.177 e. The van der Waals surface area contributed by atoms with Crippen LogP contribution in [0.1, 0.15) is 5.56 Å². The molecule has 0 amide bonds. The van der Waals surface area contributed by atoms with E-state index in [1.165, 1.54) is 12.1 Å². The van der Waals surface area contributed by atoms with E-state index >= 15 is 0 Å². The third-order valence-electron chi connectivity index (χ3n) is 1.65. The van der Waals surface area contributed by atoms with E-state index in [1.807, 2.05) is 0 Å². The molecule has 0 spiro atoms. The molecule has 0 aromatic heterocycles. The lowest BCUT2D eigenvalue weighted by molar-refractivity contribution is 0.602. The maximum absolute atomic E-state index is 11.2. The predicted molar refractivity (Wildman–Crippen MR) is 53.7 cm³/mol. The molecule has 0 unspecified atom stereocenters. The van der Waals surface area contributed by atoms with Crippen LogP contribution in [0.2, 0.25) is 5.02 Å². The van der Waals surface area contributed by atoms with Gasteiger partial charge in [0.1, 0.15) is 6.07 Å². The van der Waals surface area contributed by atoms with Gasteiger partial charge < -0.3 is 5.73 Å². The van der Waals surface area contributed by atoms with Crippen molar-refractivity contribution in [3.05, 3.63) is 22.7 Å². The average molecular weight is 231 g/mol. The van der Waals surface area contributed by atoms with Crippen LogP contribution in [0.25, 0.3) is 0 Å². The zero-order chi connectivity index (χ0) is 10.9. The van der Waals surface area contributed by atoms with Crippen molar-refractivity contribution < 1.29 is 8.42 Å². The van der Waals surface area contributed by atoms with Crippen LogP contribution in [0.3, 0.4) is 0 Å². The first kappa shape index (κ1) is 10.8. The van der Waals surface area contributed by atoms with E-state index in [-0.39, 0.29) is 21.2 Å². The highest BCUT2D eigenvalue weighted by Crippen LogP contribution is 2.28. The number of nitrogens with two attached hydrogens (primary N) is 1. The average Bonchev–Trinajstić information content (AvgIpc) is 2.02. The second kappa shape index (κ2) is 3.48. The highest BCUT2D eigenvalue weighted by atomic mass is 35.5. The van der Waals surface area contributed by atoms with Crippen molar-refractivity contribution in [1.29, 1.82) is 5.26 Å². The molecule has 1 rings (SSSR count). The van der Waals surface area contributed by atoms with Crippen molar-refractivity contribution in [2.24, 2.45) is 0 Å². The smallest absolute Gasteiger partial charge is 0.177 e. The molecule has 0 radical (unpaired) electrons. The summed E-state index contributed by atoms with van der Waals surface area (Å²) < 4.78 is 22.4. The van der Waals surface area contributed by atoms with Gasteiger partial charge in [0.2, 0.25) is 0 Å². The lowest BCUT2D eigenvalue weighted by atomic mass is 10.2. The summed E-state index contributed by atoms with van der Waals surface area (Å²) in [5.74, 6) is 0. The van der Waals surface area contributed by atoms with Gasteiger partial charge in [-0.25, -0.2) is 8.42 Å². The van der Waals surface area contributed by atoms with E-state index in [4.69, 9.17) is 22.6 Å². The molecule has 74 valence electrons. The summed E-state index contributed by atoms with van der Waals surface area (Å²) in [5.41, 5.74) is 5.61. The van der Waals surface area contributed by atoms with Crippen molar-refractivity contribution in [3.63, 3.8) is 0 Å². The Morgan fingerprint density at radius 1 is 1.50 bits per heavy atom. The number of sulfone groups is 1. The second-order valence-electron chi connectivity index (χ2n) is 2.73. The first-order valence-electron chi connectivity index (χ1n) is 3.56. The van der Waals surface area contributed by atoms with E-state index in [2.05, 4.69) is 0 Å². The van der Waals surface area contributed by atoms with Gasteiger partial charge in [0.05, 0.1) is 21.2 Å². The number of nitriles is 1. The molecule has 0 aliphatic carbocycles. The standard InChI is InChI=1S/C8H7ClN2O2S/c1-14(12,13)7-3-2-6(11)5(4-10)8(7)9/h2-3H,11H2,1H3. The van der Waals surface area contributed by atoms with Gasteiger partial charge in [-0.2, -0.15) is 5.26 Å². The fourth-order valence-electron chi connectivity index (χ4n) is 0.972. The fraction of sp³-hybridized carbons (Fsp3) is 0.125. The minimum Gasteiger partial charge on any atom is -0.398 e. The Balaban J connectivity index is 3.62. The van der Waals surface area contributed by atoms with Crippen LogP contribution in [0.4, 0.5) is 5.69 Å². The zero-order valence-corrected chi connectivity index (χ0v) is 8.85. The summed E-state index contributed by atoms with van der Waals surface area (Å²) in [6.45, 7) is 0. The zero-order valence-electron chi connectivity index (χ0n) is 7.28. The van der Waals surface area contributed by atoms with Gasteiger partial charge in [0.15, 0.2) is 9.84 Å². The summed E-state index contributed by atoms with van der Waals surface area (Å²) in [4.78, 5) is -0.0788. The number of hydrogen-bond donors (Lipinski definition) is 1. The van der Waals surface area contributed by atoms with Crippen LogP contribution in [0.15, 0.2) is 17.0 Å². The Kier molecular flexibility index (Phi) is 2.69. The number of hydrogen-bond acceptors (Lipinski definition) is 4. The molecule has 0 fully saturated rings. The van der Waals surface area contributed by atoms with Crippen LogP contribution in [0, 0.1) is 11.3 Å². The maximum atomic E-state index is 11.2. The third kappa shape index (κ3) is 1.81. The van der Waals surface area contributed by atoms with Crippen LogP contribution >= 0.6 is 11.6 Å². The summed E-state index contributed by atoms with van der Waals surface area (Å²) in [6, 6.07) is 4.39. The number of nitrogens with zero attached hydrogens (tertiary/aromatic N) is 1. The molecule has 0 aliphatic heterocycles. The lowest BCUT2D eigenvalue weighted by Gasteiger charge is -2.05. The highest BCUT2D eigenvalue weighted by Gasteiger charge is 2.16. The summed E-state index contributed by atoms with van der Waals surface area (Å²) in [7, 11) is -3.42. The first-order valence-corrected chi connectivity index (χ1v) is 5.83. The minimum atomic E-state index is -3.42. The van der Waals surface area contributed by atoms with Gasteiger partial charge in [-0.3, -0.25) is 0 Å². The van der Waals surface area contributed by atoms with Gasteiger partial charge in [0.25, 0.3) is 0 Å². The number of halogens is 1. The molecule has 1 aromatic carbocycles. The van der Waals surface area contributed by atoms with Crippen molar-refractivity contribution in [3.8, 4) is 6.07 Å². The Morgan fingerprint density at radius 3 is 2.50 bits per heavy atom. The van der Waals surface area contributed by atoms with Gasteiger partial charge in [0, 0.05) is 6.26 Å². The van der Waals surface area contributed by atoms with Crippen molar-refractivity contribution in [1.82, 2.24) is 0 Å². The normalized spacial score (nSPS) is 10.9. The van der Waals surface area contributed by atoms with Gasteiger partial charge >= 0.3 is 0 Å². The van der Waals surface area contributed by atoms with Crippen molar-refractivity contribution >= 4 is 27.1 Å². The topological polar surface area (TPSA) is 83.9 Å². The summed E-state index contributed by atoms with van der Waals surface area (Å²) >= 11 is 5.72. The molecule has 6 heteroatoms. The molecule has 14 heavy (non-hydrogen) atoms. The minimum absolute atomic E-state index is 0.00501. The number of rotatable bonds is 1. The molecular formula is C8H7ClN2O2S. The molecule has 2 N–H and O–H groups in total. The molecular weight excluding hydrogens is 224 g/mol. The van der Waals surface area contributed by atoms with Crippen LogP contribution < -0.4 is 5.73 Å².